The molecular formula is C19H26ClN. The monoisotopic (exact) mass is 303 g/mol. The summed E-state index contributed by atoms with van der Waals surface area (Å²) in [5, 5.41) is 3.83. The van der Waals surface area contributed by atoms with Gasteiger partial charge in [-0.05, 0) is 61.3 Å². The van der Waals surface area contributed by atoms with Crippen LogP contribution < -0.4 is 5.32 Å². The molecule has 2 bridgehead atoms. The molecule has 0 spiro atoms. The SMILES string of the molecule is C=CCc1cccc2c1C[C@H]1NCC[C@@]23CCCC[C@@H]13.Cl. The van der Waals surface area contributed by atoms with E-state index in [-0.39, 0.29) is 12.4 Å². The molecule has 1 aromatic rings. The lowest BCUT2D eigenvalue weighted by Gasteiger charge is -2.56. The summed E-state index contributed by atoms with van der Waals surface area (Å²) >= 11 is 0. The number of hydrogen-bond donors (Lipinski definition) is 1. The van der Waals surface area contributed by atoms with E-state index in [1.54, 1.807) is 11.1 Å². The van der Waals surface area contributed by atoms with Crippen LogP contribution in [0.5, 0.6) is 0 Å². The third-order valence-electron chi connectivity index (χ3n) is 6.16. The molecule has 2 aliphatic carbocycles. The number of benzene rings is 1. The Balaban J connectivity index is 0.00000132. The molecule has 21 heavy (non-hydrogen) atoms. The van der Waals surface area contributed by atoms with Crippen LogP contribution in [0.3, 0.4) is 0 Å². The van der Waals surface area contributed by atoms with Crippen molar-refractivity contribution in [3.05, 3.63) is 47.5 Å². The predicted molar refractivity (Wildman–Crippen MR) is 91.3 cm³/mol. The molecule has 3 aliphatic rings. The summed E-state index contributed by atoms with van der Waals surface area (Å²) in [6, 6.07) is 7.78. The van der Waals surface area contributed by atoms with Crippen LogP contribution in [0.4, 0.5) is 0 Å². The van der Waals surface area contributed by atoms with E-state index in [0.717, 1.165) is 18.4 Å². The van der Waals surface area contributed by atoms with Crippen LogP contribution in [0.1, 0.15) is 48.8 Å². The van der Waals surface area contributed by atoms with Crippen molar-refractivity contribution in [2.24, 2.45) is 5.92 Å². The summed E-state index contributed by atoms with van der Waals surface area (Å²) in [4.78, 5) is 0. The van der Waals surface area contributed by atoms with Gasteiger partial charge in [-0.1, -0.05) is 37.1 Å². The predicted octanol–water partition coefficient (Wildman–Crippen LogP) is 4.18. The van der Waals surface area contributed by atoms with Gasteiger partial charge in [-0.2, -0.15) is 0 Å². The molecule has 1 saturated carbocycles. The van der Waals surface area contributed by atoms with Crippen molar-refractivity contribution >= 4 is 12.4 Å². The fourth-order valence-corrected chi connectivity index (χ4v) is 5.38. The smallest absolute Gasteiger partial charge is 0.0144 e. The topological polar surface area (TPSA) is 12.0 Å². The van der Waals surface area contributed by atoms with Crippen LogP contribution in [0.2, 0.25) is 0 Å². The lowest BCUT2D eigenvalue weighted by Crippen LogP contribution is -2.59. The summed E-state index contributed by atoms with van der Waals surface area (Å²) in [7, 11) is 0. The zero-order chi connectivity index (χ0) is 13.6. The molecule has 0 radical (unpaired) electrons. The van der Waals surface area contributed by atoms with Crippen molar-refractivity contribution in [1.82, 2.24) is 5.32 Å². The number of halogens is 1. The van der Waals surface area contributed by atoms with Gasteiger partial charge in [0.2, 0.25) is 0 Å². The highest BCUT2D eigenvalue weighted by Gasteiger charge is 2.51. The summed E-state index contributed by atoms with van der Waals surface area (Å²) < 4.78 is 0. The summed E-state index contributed by atoms with van der Waals surface area (Å²) in [6.07, 6.45) is 11.4. The second-order valence-corrected chi connectivity index (χ2v) is 6.96. The molecule has 4 rings (SSSR count). The van der Waals surface area contributed by atoms with Gasteiger partial charge in [-0.15, -0.1) is 19.0 Å². The van der Waals surface area contributed by atoms with Gasteiger partial charge in [0, 0.05) is 11.5 Å². The van der Waals surface area contributed by atoms with E-state index in [0.29, 0.717) is 5.41 Å². The van der Waals surface area contributed by atoms with Gasteiger partial charge in [-0.25, -0.2) is 0 Å². The zero-order valence-corrected chi connectivity index (χ0v) is 13.6. The Labute approximate surface area is 134 Å². The summed E-state index contributed by atoms with van der Waals surface area (Å²) in [6.45, 7) is 5.16. The van der Waals surface area contributed by atoms with E-state index in [1.165, 1.54) is 50.6 Å². The summed E-state index contributed by atoms with van der Waals surface area (Å²) in [5.74, 6) is 0.886. The van der Waals surface area contributed by atoms with Gasteiger partial charge in [0.1, 0.15) is 0 Å². The van der Waals surface area contributed by atoms with E-state index >= 15 is 0 Å². The normalized spacial score (nSPS) is 33.3. The number of fused-ring (bicyclic) bond motifs is 1. The number of rotatable bonds is 2. The van der Waals surface area contributed by atoms with E-state index in [4.69, 9.17) is 0 Å². The maximum Gasteiger partial charge on any atom is 0.0144 e. The van der Waals surface area contributed by atoms with E-state index < -0.39 is 0 Å². The van der Waals surface area contributed by atoms with Crippen molar-refractivity contribution in [3.8, 4) is 0 Å². The standard InChI is InChI=1S/C19H25N.ClH/c1-2-6-14-7-5-9-16-15(14)13-18-17-8-3-4-10-19(16,17)11-12-20-18;/h2,5,7,9,17-18,20H,1,3-4,6,8,10-13H2;1H/t17-,18+,19-;/m0./s1. The molecule has 114 valence electrons. The molecule has 1 heterocycles. The third-order valence-corrected chi connectivity index (χ3v) is 6.16. The molecule has 2 fully saturated rings. The van der Waals surface area contributed by atoms with Gasteiger partial charge >= 0.3 is 0 Å². The molecule has 1 nitrogen and oxygen atoms in total. The average Bonchev–Trinajstić information content (AvgIpc) is 2.48. The van der Waals surface area contributed by atoms with Crippen molar-refractivity contribution < 1.29 is 0 Å². The first-order valence-electron chi connectivity index (χ1n) is 8.31. The molecule has 3 atom stereocenters. The second kappa shape index (κ2) is 5.78. The lowest BCUT2D eigenvalue weighted by molar-refractivity contribution is 0.0795. The van der Waals surface area contributed by atoms with Crippen LogP contribution in [-0.4, -0.2) is 12.6 Å². The first kappa shape index (κ1) is 15.1. The fourth-order valence-electron chi connectivity index (χ4n) is 5.38. The third kappa shape index (κ3) is 2.17. The Hall–Kier alpha value is -0.790. The van der Waals surface area contributed by atoms with Gasteiger partial charge in [-0.3, -0.25) is 0 Å². The molecule has 0 aromatic heterocycles. The van der Waals surface area contributed by atoms with Crippen LogP contribution in [-0.2, 0) is 18.3 Å². The first-order chi connectivity index (χ1) is 9.85. The Morgan fingerprint density at radius 3 is 3.05 bits per heavy atom. The van der Waals surface area contributed by atoms with Crippen molar-refractivity contribution in [1.29, 1.82) is 0 Å². The molecule has 1 aromatic carbocycles. The van der Waals surface area contributed by atoms with Gasteiger partial charge in [0.05, 0.1) is 0 Å². The Bertz CT molecular complexity index is 534. The van der Waals surface area contributed by atoms with Crippen molar-refractivity contribution in [2.45, 2.75) is 56.4 Å². The highest BCUT2D eigenvalue weighted by atomic mass is 35.5. The summed E-state index contributed by atoms with van der Waals surface area (Å²) in [5.41, 5.74) is 5.38. The van der Waals surface area contributed by atoms with Gasteiger partial charge < -0.3 is 5.32 Å². The van der Waals surface area contributed by atoms with Crippen molar-refractivity contribution in [3.63, 3.8) is 0 Å². The number of piperidine rings is 1. The zero-order valence-electron chi connectivity index (χ0n) is 12.7. The maximum absolute atomic E-state index is 3.94. The minimum atomic E-state index is 0. The molecular weight excluding hydrogens is 278 g/mol. The molecule has 0 amide bonds. The minimum Gasteiger partial charge on any atom is -0.313 e. The van der Waals surface area contributed by atoms with Gasteiger partial charge in [0.15, 0.2) is 0 Å². The van der Waals surface area contributed by atoms with Crippen LogP contribution in [0.15, 0.2) is 30.9 Å². The van der Waals surface area contributed by atoms with Gasteiger partial charge in [0.25, 0.3) is 0 Å². The minimum absolute atomic E-state index is 0. The van der Waals surface area contributed by atoms with Crippen LogP contribution in [0.25, 0.3) is 0 Å². The first-order valence-corrected chi connectivity index (χ1v) is 8.31. The maximum atomic E-state index is 3.94. The molecule has 1 aliphatic heterocycles. The van der Waals surface area contributed by atoms with E-state index in [9.17, 15) is 0 Å². The Kier molecular flexibility index (Phi) is 4.16. The number of nitrogens with one attached hydrogen (secondary N) is 1. The second-order valence-electron chi connectivity index (χ2n) is 6.96. The quantitative estimate of drug-likeness (QED) is 0.808. The largest absolute Gasteiger partial charge is 0.313 e. The Morgan fingerprint density at radius 1 is 1.29 bits per heavy atom. The van der Waals surface area contributed by atoms with Crippen LogP contribution in [0, 0.1) is 5.92 Å². The van der Waals surface area contributed by atoms with E-state index in [1.807, 2.05) is 0 Å². The van der Waals surface area contributed by atoms with Crippen LogP contribution >= 0.6 is 12.4 Å². The Morgan fingerprint density at radius 2 is 2.19 bits per heavy atom. The lowest BCUT2D eigenvalue weighted by atomic mass is 9.52. The highest BCUT2D eigenvalue weighted by molar-refractivity contribution is 5.85. The number of allylic oxidation sites excluding steroid dienone is 1. The average molecular weight is 304 g/mol. The highest BCUT2D eigenvalue weighted by Crippen LogP contribution is 2.54. The molecule has 1 saturated heterocycles. The fraction of sp³-hybridized carbons (Fsp3) is 0.579. The number of hydrogen-bond acceptors (Lipinski definition) is 1. The molecule has 0 unspecified atom stereocenters. The molecule has 1 N–H and O–H groups in total. The van der Waals surface area contributed by atoms with E-state index in [2.05, 4.69) is 36.2 Å². The van der Waals surface area contributed by atoms with Crippen molar-refractivity contribution in [2.75, 3.05) is 6.54 Å². The molecule has 2 heteroatoms.